The van der Waals surface area contributed by atoms with Gasteiger partial charge in [0.25, 0.3) is 0 Å². The summed E-state index contributed by atoms with van der Waals surface area (Å²) in [6.07, 6.45) is 46.6. The molecule has 13 rings (SSSR count). The summed E-state index contributed by atoms with van der Waals surface area (Å²) in [5, 5.41) is 0. The fourth-order valence-electron chi connectivity index (χ4n) is 18.7. The normalized spacial score (nSPS) is 12.9. The first kappa shape index (κ1) is 79.1. The zero-order chi connectivity index (χ0) is 75.4. The van der Waals surface area contributed by atoms with Crippen molar-refractivity contribution < 1.29 is 0 Å². The molecule has 0 N–H and O–H groups in total. The van der Waals surface area contributed by atoms with E-state index in [1.807, 2.05) is 0 Å². The Morgan fingerprint density at radius 2 is 0.391 bits per heavy atom. The number of rotatable bonds is 46. The highest BCUT2D eigenvalue weighted by Crippen LogP contribution is 2.64. The van der Waals surface area contributed by atoms with Crippen molar-refractivity contribution in [2.45, 2.75) is 270 Å². The third-order valence-electron chi connectivity index (χ3n) is 24.8. The van der Waals surface area contributed by atoms with E-state index in [2.05, 4.69) is 304 Å². The van der Waals surface area contributed by atoms with Crippen LogP contribution in [0.15, 0.2) is 267 Å². The van der Waals surface area contributed by atoms with Crippen LogP contribution in [0.25, 0.3) is 22.3 Å². The molecule has 0 atom stereocenters. The summed E-state index contributed by atoms with van der Waals surface area (Å²) in [5.41, 5.74) is 27.0. The number of aryl methyl sites for hydroxylation is 4. The average molecular weight is 1450 g/mol. The zero-order valence-corrected chi connectivity index (χ0v) is 67.8. The second-order valence-corrected chi connectivity index (χ2v) is 32.6. The Hall–Kier alpha value is -8.98. The molecule has 0 saturated heterocycles. The Morgan fingerprint density at radius 1 is 0.182 bits per heavy atom. The maximum absolute atomic E-state index is 2.74. The second kappa shape index (κ2) is 40.8. The number of hydrogen-bond acceptors (Lipinski definition) is 2. The largest absolute Gasteiger partial charge is 0.310 e. The summed E-state index contributed by atoms with van der Waals surface area (Å²) in [6.45, 7) is 9.29. The van der Waals surface area contributed by atoms with E-state index in [1.165, 1.54) is 294 Å². The lowest BCUT2D eigenvalue weighted by molar-refractivity contribution is 0.575. The van der Waals surface area contributed by atoms with E-state index in [0.717, 1.165) is 59.8 Å². The number of hydrogen-bond donors (Lipinski definition) is 0. The van der Waals surface area contributed by atoms with E-state index in [4.69, 9.17) is 0 Å². The molecule has 2 heteroatoms. The van der Waals surface area contributed by atoms with Crippen molar-refractivity contribution in [2.24, 2.45) is 0 Å². The lowest BCUT2D eigenvalue weighted by Crippen LogP contribution is -2.30. The maximum Gasteiger partial charge on any atom is 0.0714 e. The van der Waals surface area contributed by atoms with Gasteiger partial charge < -0.3 is 9.80 Å². The SMILES string of the molecule is CCCCCCCCCCc1ccc(C2(c3ccc(CCCCCCCCCC)cc3)c3cc(N(c4ccccc4)c4ccccc4)ccc3-c3cc4c(cc32)-c2ccc(N(c3ccccc3)c3ccccc3)cc2C4(c2ccc(CCCCCCCCCC)cc2)c2ccc(CCCCCCCCCC)cc2)cc1. The lowest BCUT2D eigenvalue weighted by Gasteiger charge is -2.36. The molecule has 0 aromatic heterocycles. The van der Waals surface area contributed by atoms with E-state index in [-0.39, 0.29) is 0 Å². The summed E-state index contributed by atoms with van der Waals surface area (Å²) in [4.78, 5) is 4.97. The van der Waals surface area contributed by atoms with Crippen LogP contribution in [0.5, 0.6) is 0 Å². The smallest absolute Gasteiger partial charge is 0.0714 e. The molecule has 570 valence electrons. The first-order chi connectivity index (χ1) is 54.5. The van der Waals surface area contributed by atoms with Crippen LogP contribution in [0.3, 0.4) is 0 Å². The average Bonchev–Trinajstić information content (AvgIpc) is 1.51. The molecular formula is C108H128N2. The van der Waals surface area contributed by atoms with E-state index < -0.39 is 10.8 Å². The van der Waals surface area contributed by atoms with Gasteiger partial charge >= 0.3 is 0 Å². The lowest BCUT2D eigenvalue weighted by atomic mass is 9.65. The van der Waals surface area contributed by atoms with Gasteiger partial charge in [0.2, 0.25) is 0 Å². The van der Waals surface area contributed by atoms with Crippen LogP contribution in [0.1, 0.15) is 300 Å². The van der Waals surface area contributed by atoms with Gasteiger partial charge in [-0.3, -0.25) is 0 Å². The summed E-state index contributed by atoms with van der Waals surface area (Å²) in [7, 11) is 0. The number of benzene rings is 11. The Balaban J connectivity index is 1.02. The van der Waals surface area contributed by atoms with Gasteiger partial charge in [-0.2, -0.15) is 0 Å². The molecule has 0 saturated carbocycles. The highest BCUT2D eigenvalue weighted by molar-refractivity contribution is 5.97. The number of fused-ring (bicyclic) bond motifs is 6. The molecule has 2 nitrogen and oxygen atoms in total. The molecule has 0 spiro atoms. The third kappa shape index (κ3) is 18.8. The van der Waals surface area contributed by atoms with Gasteiger partial charge in [-0.25, -0.2) is 0 Å². The molecule has 11 aromatic carbocycles. The monoisotopic (exact) mass is 1450 g/mol. The Kier molecular flexibility index (Phi) is 29.4. The van der Waals surface area contributed by atoms with Crippen molar-refractivity contribution in [3.8, 4) is 22.3 Å². The minimum absolute atomic E-state index is 0.708. The molecule has 0 unspecified atom stereocenters. The Bertz CT molecular complexity index is 4010. The van der Waals surface area contributed by atoms with Crippen molar-refractivity contribution >= 4 is 34.1 Å². The molecule has 110 heavy (non-hydrogen) atoms. The van der Waals surface area contributed by atoms with Crippen molar-refractivity contribution in [1.29, 1.82) is 0 Å². The Morgan fingerprint density at radius 3 is 0.618 bits per heavy atom. The van der Waals surface area contributed by atoms with Crippen molar-refractivity contribution in [3.63, 3.8) is 0 Å². The number of nitrogens with zero attached hydrogens (tertiary/aromatic N) is 2. The summed E-state index contributed by atoms with van der Waals surface area (Å²) in [6, 6.07) is 105. The molecule has 0 heterocycles. The maximum atomic E-state index is 2.74. The number of para-hydroxylation sites is 4. The highest BCUT2D eigenvalue weighted by atomic mass is 15.1. The second-order valence-electron chi connectivity index (χ2n) is 32.6. The fraction of sp³-hybridized carbons (Fsp3) is 0.389. The molecule has 0 amide bonds. The number of anilines is 6. The van der Waals surface area contributed by atoms with Gasteiger partial charge in [0.05, 0.1) is 10.8 Å². The standard InChI is InChI=1S/C108H128N2/c1-5-9-13-17-21-25-29-37-49-85-61-69-89(70-62-85)107(90-71-63-86(64-72-90)50-38-30-26-22-18-14-10-6-2)103-81-97(109(93-53-41-33-42-54-93)94-55-43-34-44-56-94)77-79-99(103)101-84-106-102(83-105(101)107)100-80-78-98(110(95-57-45-35-46-58-95)96-59-47-36-48-60-96)82-104(100)108(106,91-73-65-87(66-74-91)51-39-31-27-23-19-15-11-7-3)92-75-67-88(68-76-92)52-40-32-28-24-20-16-12-8-4/h33-36,41-48,53-84H,5-32,37-40,49-52H2,1-4H3. The first-order valence-corrected chi connectivity index (χ1v) is 44.1. The molecule has 11 aromatic rings. The Labute approximate surface area is 665 Å². The molecule has 2 aliphatic carbocycles. The molecule has 0 aliphatic heterocycles. The minimum Gasteiger partial charge on any atom is -0.310 e. The van der Waals surface area contributed by atoms with Gasteiger partial charge in [0, 0.05) is 34.1 Å². The predicted octanol–water partition coefficient (Wildman–Crippen LogP) is 32.1. The highest BCUT2D eigenvalue weighted by Gasteiger charge is 2.52. The fourth-order valence-corrected chi connectivity index (χ4v) is 18.7. The van der Waals surface area contributed by atoms with Crippen LogP contribution in [0, 0.1) is 0 Å². The number of unbranched alkanes of at least 4 members (excludes halogenated alkanes) is 28. The summed E-state index contributed by atoms with van der Waals surface area (Å²) < 4.78 is 0. The third-order valence-corrected chi connectivity index (χ3v) is 24.8. The van der Waals surface area contributed by atoms with Crippen LogP contribution < -0.4 is 9.80 Å². The van der Waals surface area contributed by atoms with Gasteiger partial charge in [0.1, 0.15) is 0 Å². The van der Waals surface area contributed by atoms with E-state index in [1.54, 1.807) is 0 Å². The van der Waals surface area contributed by atoms with Crippen LogP contribution in [0.2, 0.25) is 0 Å². The molecular weight excluding hydrogens is 1330 g/mol. The van der Waals surface area contributed by atoms with Gasteiger partial charge in [-0.1, -0.05) is 389 Å². The van der Waals surface area contributed by atoms with E-state index in [9.17, 15) is 0 Å². The summed E-state index contributed by atoms with van der Waals surface area (Å²) in [5.74, 6) is 0. The van der Waals surface area contributed by atoms with E-state index in [0.29, 0.717) is 0 Å². The topological polar surface area (TPSA) is 6.48 Å². The van der Waals surface area contributed by atoms with Gasteiger partial charge in [-0.15, -0.1) is 0 Å². The first-order valence-electron chi connectivity index (χ1n) is 44.1. The van der Waals surface area contributed by atoms with Crippen LogP contribution >= 0.6 is 0 Å². The van der Waals surface area contributed by atoms with Crippen molar-refractivity contribution in [1.82, 2.24) is 0 Å². The molecule has 0 fully saturated rings. The van der Waals surface area contributed by atoms with Gasteiger partial charge in [0.15, 0.2) is 0 Å². The van der Waals surface area contributed by atoms with Crippen molar-refractivity contribution in [2.75, 3.05) is 9.80 Å². The van der Waals surface area contributed by atoms with Crippen LogP contribution in [0.4, 0.5) is 34.1 Å². The van der Waals surface area contributed by atoms with Crippen LogP contribution in [-0.4, -0.2) is 0 Å². The van der Waals surface area contributed by atoms with Gasteiger partial charge in [-0.05, 0) is 225 Å². The van der Waals surface area contributed by atoms with Crippen LogP contribution in [-0.2, 0) is 36.5 Å². The van der Waals surface area contributed by atoms with Crippen molar-refractivity contribution in [3.05, 3.63) is 334 Å². The summed E-state index contributed by atoms with van der Waals surface area (Å²) >= 11 is 0. The quantitative estimate of drug-likeness (QED) is 0.0351. The zero-order valence-electron chi connectivity index (χ0n) is 67.8. The molecule has 0 radical (unpaired) electrons. The molecule has 2 aliphatic rings. The minimum atomic E-state index is -0.708. The molecule has 0 bridgehead atoms. The predicted molar refractivity (Wildman–Crippen MR) is 476 cm³/mol. The van der Waals surface area contributed by atoms with E-state index >= 15 is 0 Å².